The number of hydrogen-bond acceptors (Lipinski definition) is 3. The van der Waals surface area contributed by atoms with Crippen molar-refractivity contribution in [2.75, 3.05) is 9.80 Å². The number of benzene rings is 6. The van der Waals surface area contributed by atoms with Gasteiger partial charge in [0.1, 0.15) is 5.66 Å². The number of anilines is 4. The molecular formula is C38H31N3. The first-order valence-electron chi connectivity index (χ1n) is 14.0. The van der Waals surface area contributed by atoms with Crippen LogP contribution in [0.1, 0.15) is 6.42 Å². The Hall–Kier alpha value is -5.12. The Balaban J connectivity index is 1.29. The summed E-state index contributed by atoms with van der Waals surface area (Å²) in [6, 6.07) is 51.1. The van der Waals surface area contributed by atoms with Gasteiger partial charge in [0.15, 0.2) is 0 Å². The first-order chi connectivity index (χ1) is 20.2. The lowest BCUT2D eigenvalue weighted by Crippen LogP contribution is -2.53. The van der Waals surface area contributed by atoms with Crippen molar-refractivity contribution in [1.29, 1.82) is 0 Å². The quantitative estimate of drug-likeness (QED) is 0.218. The van der Waals surface area contributed by atoms with E-state index in [-0.39, 0.29) is 0 Å². The standard InChI is InChI=1S/C38H31N3/c39-38(41(35-17-5-2-6-18-35)37-22-20-30-12-8-10-14-32(30)28-37)25-23-34(24-26-38)40(33-15-3-1-4-16-33)36-21-19-29-11-7-9-13-31(29)27-36/h1-25,27-28H,26,39H2. The fraction of sp³-hybridized carbons (Fsp3) is 0.0526. The van der Waals surface area contributed by atoms with Crippen LogP contribution < -0.4 is 15.5 Å². The highest BCUT2D eigenvalue weighted by Gasteiger charge is 2.33. The number of para-hydroxylation sites is 2. The van der Waals surface area contributed by atoms with E-state index in [1.165, 1.54) is 21.5 Å². The molecule has 3 nitrogen and oxygen atoms in total. The number of rotatable bonds is 6. The zero-order valence-corrected chi connectivity index (χ0v) is 22.8. The van der Waals surface area contributed by atoms with Crippen LogP contribution in [0, 0.1) is 0 Å². The maximum absolute atomic E-state index is 7.30. The van der Waals surface area contributed by atoms with Gasteiger partial charge in [-0.1, -0.05) is 103 Å². The van der Waals surface area contributed by atoms with E-state index in [1.54, 1.807) is 0 Å². The van der Waals surface area contributed by atoms with E-state index in [1.807, 2.05) is 6.07 Å². The minimum Gasteiger partial charge on any atom is -0.319 e. The van der Waals surface area contributed by atoms with Gasteiger partial charge in [0.2, 0.25) is 0 Å². The Kier molecular flexibility index (Phi) is 6.35. The molecule has 0 saturated carbocycles. The fourth-order valence-corrected chi connectivity index (χ4v) is 5.83. The lowest BCUT2D eigenvalue weighted by molar-refractivity contribution is 0.537. The number of fused-ring (bicyclic) bond motifs is 2. The van der Waals surface area contributed by atoms with Crippen LogP contribution in [0.3, 0.4) is 0 Å². The SMILES string of the molecule is NC1(N(c2ccccc2)c2ccc3ccccc3c2)C=CC(N(c2ccccc2)c2ccc3ccccc3c2)=CC1. The number of allylic oxidation sites excluding steroid dienone is 1. The maximum Gasteiger partial charge on any atom is 0.116 e. The minimum absolute atomic E-state index is 0.636. The zero-order chi connectivity index (χ0) is 27.6. The molecule has 41 heavy (non-hydrogen) atoms. The molecule has 6 aromatic carbocycles. The zero-order valence-electron chi connectivity index (χ0n) is 22.8. The molecule has 3 heteroatoms. The van der Waals surface area contributed by atoms with Gasteiger partial charge in [0.05, 0.1) is 0 Å². The Morgan fingerprint density at radius 2 is 1.00 bits per heavy atom. The fourth-order valence-electron chi connectivity index (χ4n) is 5.83. The predicted octanol–water partition coefficient (Wildman–Crippen LogP) is 9.47. The molecule has 0 radical (unpaired) electrons. The number of nitrogens with zero attached hydrogens (tertiary/aromatic N) is 2. The van der Waals surface area contributed by atoms with Crippen molar-refractivity contribution in [3.05, 3.63) is 170 Å². The van der Waals surface area contributed by atoms with Crippen LogP contribution in [0.4, 0.5) is 22.7 Å². The molecule has 0 heterocycles. The van der Waals surface area contributed by atoms with Crippen LogP contribution in [0.5, 0.6) is 0 Å². The summed E-state index contributed by atoms with van der Waals surface area (Å²) in [6.45, 7) is 0. The Labute approximate surface area is 241 Å². The highest BCUT2D eigenvalue weighted by atomic mass is 15.3. The van der Waals surface area contributed by atoms with Gasteiger partial charge in [0.25, 0.3) is 0 Å². The third kappa shape index (κ3) is 4.77. The molecule has 1 atom stereocenters. The van der Waals surface area contributed by atoms with Crippen molar-refractivity contribution >= 4 is 44.3 Å². The van der Waals surface area contributed by atoms with Gasteiger partial charge < -0.3 is 15.5 Å². The van der Waals surface area contributed by atoms with Crippen molar-refractivity contribution < 1.29 is 0 Å². The van der Waals surface area contributed by atoms with E-state index < -0.39 is 5.66 Å². The lowest BCUT2D eigenvalue weighted by Gasteiger charge is -2.42. The lowest BCUT2D eigenvalue weighted by atomic mass is 9.95. The van der Waals surface area contributed by atoms with Crippen molar-refractivity contribution in [3.8, 4) is 0 Å². The molecule has 0 aromatic heterocycles. The van der Waals surface area contributed by atoms with Crippen LogP contribution in [-0.2, 0) is 0 Å². The third-order valence-electron chi connectivity index (χ3n) is 7.87. The first kappa shape index (κ1) is 24.9. The molecule has 1 aliphatic rings. The van der Waals surface area contributed by atoms with Crippen LogP contribution >= 0.6 is 0 Å². The van der Waals surface area contributed by atoms with Crippen molar-refractivity contribution in [3.63, 3.8) is 0 Å². The summed E-state index contributed by atoms with van der Waals surface area (Å²) in [5, 5.41) is 4.85. The monoisotopic (exact) mass is 529 g/mol. The van der Waals surface area contributed by atoms with Crippen LogP contribution in [-0.4, -0.2) is 5.66 Å². The summed E-state index contributed by atoms with van der Waals surface area (Å²) >= 11 is 0. The summed E-state index contributed by atoms with van der Waals surface area (Å²) in [6.07, 6.45) is 7.22. The minimum atomic E-state index is -0.751. The number of hydrogen-bond donors (Lipinski definition) is 1. The topological polar surface area (TPSA) is 32.5 Å². The second-order valence-corrected chi connectivity index (χ2v) is 10.6. The number of nitrogens with two attached hydrogens (primary N) is 1. The molecule has 0 spiro atoms. The highest BCUT2D eigenvalue weighted by molar-refractivity contribution is 5.89. The van der Waals surface area contributed by atoms with Crippen molar-refractivity contribution in [2.45, 2.75) is 12.1 Å². The van der Waals surface area contributed by atoms with E-state index >= 15 is 0 Å². The second kappa shape index (κ2) is 10.5. The molecule has 1 aliphatic carbocycles. The normalized spacial score (nSPS) is 16.5. The highest BCUT2D eigenvalue weighted by Crippen LogP contribution is 2.40. The van der Waals surface area contributed by atoms with E-state index in [4.69, 9.17) is 5.73 Å². The van der Waals surface area contributed by atoms with Gasteiger partial charge >= 0.3 is 0 Å². The Bertz CT molecular complexity index is 1890. The van der Waals surface area contributed by atoms with Crippen LogP contribution in [0.15, 0.2) is 170 Å². The van der Waals surface area contributed by atoms with Gasteiger partial charge in [-0.15, -0.1) is 0 Å². The van der Waals surface area contributed by atoms with Gasteiger partial charge in [-0.25, -0.2) is 0 Å². The van der Waals surface area contributed by atoms with Gasteiger partial charge in [-0.05, 0) is 82.2 Å². The molecule has 7 rings (SSSR count). The molecule has 0 amide bonds. The molecular weight excluding hydrogens is 498 g/mol. The molecule has 0 saturated heterocycles. The summed E-state index contributed by atoms with van der Waals surface area (Å²) < 4.78 is 0. The van der Waals surface area contributed by atoms with E-state index in [2.05, 4.69) is 168 Å². The maximum atomic E-state index is 7.30. The van der Waals surface area contributed by atoms with E-state index in [9.17, 15) is 0 Å². The average molecular weight is 530 g/mol. The van der Waals surface area contributed by atoms with E-state index in [0.717, 1.165) is 28.4 Å². The summed E-state index contributed by atoms with van der Waals surface area (Å²) in [4.78, 5) is 4.57. The summed E-state index contributed by atoms with van der Waals surface area (Å²) in [5.41, 5.74) is 12.0. The van der Waals surface area contributed by atoms with Crippen molar-refractivity contribution in [2.24, 2.45) is 5.73 Å². The van der Waals surface area contributed by atoms with Crippen LogP contribution in [0.25, 0.3) is 21.5 Å². The predicted molar refractivity (Wildman–Crippen MR) is 174 cm³/mol. The Morgan fingerprint density at radius 3 is 1.59 bits per heavy atom. The molecule has 0 fully saturated rings. The molecule has 198 valence electrons. The first-order valence-corrected chi connectivity index (χ1v) is 14.0. The Morgan fingerprint density at radius 1 is 0.488 bits per heavy atom. The molecule has 0 bridgehead atoms. The summed E-state index contributed by atoms with van der Waals surface area (Å²) in [7, 11) is 0. The van der Waals surface area contributed by atoms with Gasteiger partial charge in [-0.3, -0.25) is 0 Å². The molecule has 0 aliphatic heterocycles. The average Bonchev–Trinajstić information content (AvgIpc) is 3.03. The largest absolute Gasteiger partial charge is 0.319 e. The molecule has 6 aromatic rings. The second-order valence-electron chi connectivity index (χ2n) is 10.6. The summed E-state index contributed by atoms with van der Waals surface area (Å²) in [5.74, 6) is 0. The third-order valence-corrected chi connectivity index (χ3v) is 7.87. The van der Waals surface area contributed by atoms with Gasteiger partial charge in [-0.2, -0.15) is 0 Å². The smallest absolute Gasteiger partial charge is 0.116 e. The molecule has 2 N–H and O–H groups in total. The molecule has 1 unspecified atom stereocenters. The van der Waals surface area contributed by atoms with E-state index in [0.29, 0.717) is 6.42 Å². The van der Waals surface area contributed by atoms with Gasteiger partial charge in [0, 0.05) is 34.9 Å². The van der Waals surface area contributed by atoms with Crippen LogP contribution in [0.2, 0.25) is 0 Å². The van der Waals surface area contributed by atoms with Crippen molar-refractivity contribution in [1.82, 2.24) is 0 Å².